The van der Waals surface area contributed by atoms with Crippen molar-refractivity contribution in [3.05, 3.63) is 65.5 Å². The summed E-state index contributed by atoms with van der Waals surface area (Å²) in [6, 6.07) is 14.8. The first-order valence-electron chi connectivity index (χ1n) is 6.99. The predicted molar refractivity (Wildman–Crippen MR) is 81.7 cm³/mol. The van der Waals surface area contributed by atoms with Crippen LogP contribution in [0.1, 0.15) is 24.5 Å². The number of nitrogens with two attached hydrogens (primary N) is 1. The van der Waals surface area contributed by atoms with Crippen molar-refractivity contribution < 1.29 is 4.39 Å². The molecule has 106 valence electrons. The first-order chi connectivity index (χ1) is 9.69. The zero-order valence-electron chi connectivity index (χ0n) is 11.8. The molecule has 20 heavy (non-hydrogen) atoms. The molecule has 2 aromatic carbocycles. The Bertz CT molecular complexity index is 537. The average molecular weight is 272 g/mol. The highest BCUT2D eigenvalue weighted by Crippen LogP contribution is 2.14. The van der Waals surface area contributed by atoms with E-state index in [9.17, 15) is 4.39 Å². The van der Waals surface area contributed by atoms with E-state index in [-0.39, 0.29) is 5.82 Å². The standard InChI is InChI=1S/C17H21FN2/c1-2-11-20(12-14-7-9-16(19)10-8-14)13-15-5-3-4-6-17(15)18/h3-10H,2,11-13,19H2,1H3. The second-order valence-corrected chi connectivity index (χ2v) is 5.04. The van der Waals surface area contributed by atoms with Crippen LogP contribution < -0.4 is 5.73 Å². The van der Waals surface area contributed by atoms with E-state index < -0.39 is 0 Å². The van der Waals surface area contributed by atoms with E-state index in [0.29, 0.717) is 6.54 Å². The first kappa shape index (κ1) is 14.5. The molecule has 3 heteroatoms. The summed E-state index contributed by atoms with van der Waals surface area (Å²) in [5.74, 6) is -0.133. The quantitative estimate of drug-likeness (QED) is 0.810. The lowest BCUT2D eigenvalue weighted by molar-refractivity contribution is 0.253. The van der Waals surface area contributed by atoms with E-state index in [2.05, 4.69) is 11.8 Å². The Morgan fingerprint density at radius 1 is 1.00 bits per heavy atom. The summed E-state index contributed by atoms with van der Waals surface area (Å²) in [6.07, 6.45) is 1.05. The molecule has 0 spiro atoms. The van der Waals surface area contributed by atoms with Crippen LogP contribution in [-0.2, 0) is 13.1 Å². The third kappa shape index (κ3) is 4.07. The number of hydrogen-bond acceptors (Lipinski definition) is 2. The third-order valence-electron chi connectivity index (χ3n) is 3.28. The summed E-state index contributed by atoms with van der Waals surface area (Å²) in [5.41, 5.74) is 8.41. The molecule has 0 amide bonds. The second-order valence-electron chi connectivity index (χ2n) is 5.04. The highest BCUT2D eigenvalue weighted by molar-refractivity contribution is 5.39. The minimum absolute atomic E-state index is 0.133. The molecule has 2 rings (SSSR count). The molecule has 0 heterocycles. The molecular formula is C17H21FN2. The van der Waals surface area contributed by atoms with E-state index in [0.717, 1.165) is 30.8 Å². The zero-order valence-corrected chi connectivity index (χ0v) is 11.8. The molecule has 0 aromatic heterocycles. The highest BCUT2D eigenvalue weighted by Gasteiger charge is 2.09. The van der Waals surface area contributed by atoms with Crippen LogP contribution in [-0.4, -0.2) is 11.4 Å². The van der Waals surface area contributed by atoms with Gasteiger partial charge in [0, 0.05) is 24.3 Å². The zero-order chi connectivity index (χ0) is 14.4. The monoisotopic (exact) mass is 272 g/mol. The van der Waals surface area contributed by atoms with E-state index in [1.54, 1.807) is 6.07 Å². The van der Waals surface area contributed by atoms with Gasteiger partial charge in [-0.25, -0.2) is 4.39 Å². The van der Waals surface area contributed by atoms with Crippen LogP contribution in [0.15, 0.2) is 48.5 Å². The smallest absolute Gasteiger partial charge is 0.127 e. The van der Waals surface area contributed by atoms with Crippen LogP contribution >= 0.6 is 0 Å². The number of hydrogen-bond donors (Lipinski definition) is 1. The molecule has 0 bridgehead atoms. The number of nitrogen functional groups attached to an aromatic ring is 1. The van der Waals surface area contributed by atoms with E-state index >= 15 is 0 Å². The molecule has 0 saturated carbocycles. The molecule has 0 radical (unpaired) electrons. The van der Waals surface area contributed by atoms with Crippen LogP contribution in [0, 0.1) is 5.82 Å². The molecule has 0 saturated heterocycles. The van der Waals surface area contributed by atoms with Gasteiger partial charge in [0.15, 0.2) is 0 Å². The first-order valence-corrected chi connectivity index (χ1v) is 6.99. The van der Waals surface area contributed by atoms with Gasteiger partial charge in [0.2, 0.25) is 0 Å². The van der Waals surface area contributed by atoms with Crippen LogP contribution in [0.3, 0.4) is 0 Å². The maximum Gasteiger partial charge on any atom is 0.127 e. The molecular weight excluding hydrogens is 251 g/mol. The van der Waals surface area contributed by atoms with Gasteiger partial charge in [0.1, 0.15) is 5.82 Å². The Balaban J connectivity index is 2.07. The van der Waals surface area contributed by atoms with Crippen molar-refractivity contribution in [3.63, 3.8) is 0 Å². The average Bonchev–Trinajstić information content (AvgIpc) is 2.44. The summed E-state index contributed by atoms with van der Waals surface area (Å²) in [5, 5.41) is 0. The van der Waals surface area contributed by atoms with Gasteiger partial charge in [-0.05, 0) is 36.7 Å². The molecule has 2 aromatic rings. The number of rotatable bonds is 6. The fraction of sp³-hybridized carbons (Fsp3) is 0.294. The molecule has 0 aliphatic rings. The molecule has 0 fully saturated rings. The number of nitrogens with zero attached hydrogens (tertiary/aromatic N) is 1. The van der Waals surface area contributed by atoms with Gasteiger partial charge in [-0.2, -0.15) is 0 Å². The Labute approximate surface area is 120 Å². The summed E-state index contributed by atoms with van der Waals surface area (Å²) < 4.78 is 13.7. The van der Waals surface area contributed by atoms with Crippen LogP contribution in [0.25, 0.3) is 0 Å². The Morgan fingerprint density at radius 3 is 2.35 bits per heavy atom. The topological polar surface area (TPSA) is 29.3 Å². The Kier molecular flexibility index (Phi) is 5.13. The third-order valence-corrected chi connectivity index (χ3v) is 3.28. The Morgan fingerprint density at radius 2 is 1.70 bits per heavy atom. The molecule has 0 aliphatic heterocycles. The lowest BCUT2D eigenvalue weighted by Crippen LogP contribution is -2.24. The van der Waals surface area contributed by atoms with E-state index in [4.69, 9.17) is 5.73 Å². The van der Waals surface area contributed by atoms with Gasteiger partial charge in [0.25, 0.3) is 0 Å². The minimum atomic E-state index is -0.133. The number of benzene rings is 2. The van der Waals surface area contributed by atoms with Gasteiger partial charge in [-0.3, -0.25) is 4.90 Å². The SMILES string of the molecule is CCCN(Cc1ccc(N)cc1)Cc1ccccc1F. The van der Waals surface area contributed by atoms with E-state index in [1.165, 1.54) is 11.6 Å². The summed E-state index contributed by atoms with van der Waals surface area (Å²) >= 11 is 0. The van der Waals surface area contributed by atoms with Crippen molar-refractivity contribution in [1.29, 1.82) is 0 Å². The fourth-order valence-electron chi connectivity index (χ4n) is 2.28. The van der Waals surface area contributed by atoms with Crippen LogP contribution in [0.5, 0.6) is 0 Å². The van der Waals surface area contributed by atoms with Crippen LogP contribution in [0.4, 0.5) is 10.1 Å². The lowest BCUT2D eigenvalue weighted by atomic mass is 10.1. The maximum atomic E-state index is 13.7. The van der Waals surface area contributed by atoms with Crippen molar-refractivity contribution in [2.75, 3.05) is 12.3 Å². The molecule has 2 N–H and O–H groups in total. The second kappa shape index (κ2) is 7.06. The summed E-state index contributed by atoms with van der Waals surface area (Å²) in [4.78, 5) is 2.25. The Hall–Kier alpha value is -1.87. The van der Waals surface area contributed by atoms with Crippen molar-refractivity contribution in [2.45, 2.75) is 26.4 Å². The summed E-state index contributed by atoms with van der Waals surface area (Å²) in [6.45, 7) is 4.52. The largest absolute Gasteiger partial charge is 0.399 e. The van der Waals surface area contributed by atoms with Gasteiger partial charge >= 0.3 is 0 Å². The van der Waals surface area contributed by atoms with Crippen LogP contribution in [0.2, 0.25) is 0 Å². The van der Waals surface area contributed by atoms with Crippen molar-refractivity contribution >= 4 is 5.69 Å². The number of anilines is 1. The lowest BCUT2D eigenvalue weighted by Gasteiger charge is -2.22. The van der Waals surface area contributed by atoms with Gasteiger partial charge in [-0.15, -0.1) is 0 Å². The fourth-order valence-corrected chi connectivity index (χ4v) is 2.28. The number of halogens is 1. The predicted octanol–water partition coefficient (Wildman–Crippen LogP) is 3.82. The minimum Gasteiger partial charge on any atom is -0.399 e. The van der Waals surface area contributed by atoms with Crippen molar-refractivity contribution in [2.24, 2.45) is 0 Å². The van der Waals surface area contributed by atoms with Gasteiger partial charge in [-0.1, -0.05) is 37.3 Å². The summed E-state index contributed by atoms with van der Waals surface area (Å²) in [7, 11) is 0. The maximum absolute atomic E-state index is 13.7. The molecule has 2 nitrogen and oxygen atoms in total. The van der Waals surface area contributed by atoms with Crippen molar-refractivity contribution in [3.8, 4) is 0 Å². The van der Waals surface area contributed by atoms with Crippen molar-refractivity contribution in [1.82, 2.24) is 4.90 Å². The highest BCUT2D eigenvalue weighted by atomic mass is 19.1. The van der Waals surface area contributed by atoms with Gasteiger partial charge < -0.3 is 5.73 Å². The molecule has 0 unspecified atom stereocenters. The van der Waals surface area contributed by atoms with E-state index in [1.807, 2.05) is 36.4 Å². The normalized spacial score (nSPS) is 10.9. The van der Waals surface area contributed by atoms with Gasteiger partial charge in [0.05, 0.1) is 0 Å². The molecule has 0 aliphatic carbocycles. The molecule has 0 atom stereocenters.